The maximum absolute atomic E-state index is 11.4. The molecule has 0 rings (SSSR count). The summed E-state index contributed by atoms with van der Waals surface area (Å²) in [4.78, 5) is 22.3. The molecule has 1 amide bonds. The van der Waals surface area contributed by atoms with Crippen molar-refractivity contribution in [3.8, 4) is 0 Å². The Morgan fingerprint density at radius 3 is 2.18 bits per heavy atom. The predicted molar refractivity (Wildman–Crippen MR) is 65.4 cm³/mol. The summed E-state index contributed by atoms with van der Waals surface area (Å²) in [5.74, 6) is -1.22. The highest BCUT2D eigenvalue weighted by molar-refractivity contribution is 5.83. The Bertz CT molecular complexity index is 234. The molecular formula is C11H23N3O3. The fraction of sp³-hybridized carbons (Fsp3) is 0.818. The second-order valence-electron chi connectivity index (χ2n) is 3.99. The molecule has 0 saturated heterocycles. The number of carboxylic acid groups (broad SMARTS) is 1. The zero-order valence-corrected chi connectivity index (χ0v) is 10.2. The van der Waals surface area contributed by atoms with Gasteiger partial charge >= 0.3 is 5.97 Å². The first-order valence-corrected chi connectivity index (χ1v) is 6.04. The molecule has 6 heteroatoms. The molecule has 100 valence electrons. The van der Waals surface area contributed by atoms with Crippen molar-refractivity contribution in [3.05, 3.63) is 0 Å². The summed E-state index contributed by atoms with van der Waals surface area (Å²) in [5.41, 5.74) is 10.6. The molecule has 6 N–H and O–H groups in total. The van der Waals surface area contributed by atoms with Crippen LogP contribution < -0.4 is 16.8 Å². The summed E-state index contributed by atoms with van der Waals surface area (Å²) in [5, 5.41) is 11.4. The highest BCUT2D eigenvalue weighted by Gasteiger charge is 2.18. The van der Waals surface area contributed by atoms with Crippen LogP contribution in [0.2, 0.25) is 0 Å². The van der Waals surface area contributed by atoms with Gasteiger partial charge in [0.25, 0.3) is 0 Å². The molecule has 0 aliphatic carbocycles. The van der Waals surface area contributed by atoms with Gasteiger partial charge in [0.1, 0.15) is 6.04 Å². The number of amides is 1. The van der Waals surface area contributed by atoms with E-state index in [9.17, 15) is 9.59 Å². The van der Waals surface area contributed by atoms with E-state index in [-0.39, 0.29) is 5.91 Å². The molecule has 0 spiro atoms. The van der Waals surface area contributed by atoms with Crippen LogP contribution in [-0.4, -0.2) is 36.1 Å². The van der Waals surface area contributed by atoms with Gasteiger partial charge in [0.2, 0.25) is 5.91 Å². The van der Waals surface area contributed by atoms with Crippen LogP contribution in [-0.2, 0) is 9.59 Å². The number of carbonyl (C=O) groups excluding carboxylic acids is 1. The first-order valence-electron chi connectivity index (χ1n) is 6.04. The molecule has 17 heavy (non-hydrogen) atoms. The van der Waals surface area contributed by atoms with Crippen molar-refractivity contribution in [3.63, 3.8) is 0 Å². The number of nitrogens with two attached hydrogens (primary N) is 2. The molecule has 0 heterocycles. The Balaban J connectivity index is 3.89. The fourth-order valence-corrected chi connectivity index (χ4v) is 1.45. The van der Waals surface area contributed by atoms with Crippen molar-refractivity contribution in [1.82, 2.24) is 5.32 Å². The number of hydrogen-bond donors (Lipinski definition) is 4. The maximum Gasteiger partial charge on any atom is 0.326 e. The van der Waals surface area contributed by atoms with Gasteiger partial charge in [-0.2, -0.15) is 0 Å². The van der Waals surface area contributed by atoms with E-state index >= 15 is 0 Å². The first kappa shape index (κ1) is 15.9. The second kappa shape index (κ2) is 10.0. The summed E-state index contributed by atoms with van der Waals surface area (Å²) in [6.07, 6.45) is 3.70. The minimum absolute atomic E-state index is 0.224. The van der Waals surface area contributed by atoms with Crippen LogP contribution in [0.4, 0.5) is 0 Å². The van der Waals surface area contributed by atoms with Crippen LogP contribution in [0, 0.1) is 0 Å². The van der Waals surface area contributed by atoms with Crippen LogP contribution >= 0.6 is 0 Å². The number of unbranched alkanes of at least 4 members (excludes halogenated alkanes) is 2. The minimum atomic E-state index is -0.991. The van der Waals surface area contributed by atoms with Crippen LogP contribution in [0.5, 0.6) is 0 Å². The van der Waals surface area contributed by atoms with E-state index in [4.69, 9.17) is 16.6 Å². The lowest BCUT2D eigenvalue weighted by Gasteiger charge is -2.14. The average Bonchev–Trinajstić information content (AvgIpc) is 2.28. The van der Waals surface area contributed by atoms with Gasteiger partial charge in [-0.3, -0.25) is 4.79 Å². The Morgan fingerprint density at radius 1 is 1.06 bits per heavy atom. The number of nitrogens with one attached hydrogen (secondary N) is 1. The zero-order chi connectivity index (χ0) is 13.1. The van der Waals surface area contributed by atoms with E-state index in [2.05, 4.69) is 5.32 Å². The predicted octanol–water partition coefficient (Wildman–Crippen LogP) is -0.186. The van der Waals surface area contributed by atoms with E-state index in [0.717, 1.165) is 12.8 Å². The van der Waals surface area contributed by atoms with E-state index < -0.39 is 12.0 Å². The minimum Gasteiger partial charge on any atom is -0.480 e. The topological polar surface area (TPSA) is 118 Å². The standard InChI is InChI=1S/C11H23N3O3/c12-7-3-1-5-9(11(16)17)14-10(15)6-2-4-8-13/h9H,1-8,12-13H2,(H,14,15)(H,16,17)/t9-/m0/s1. The molecule has 1 atom stereocenters. The van der Waals surface area contributed by atoms with E-state index in [1.807, 2.05) is 0 Å². The summed E-state index contributed by atoms with van der Waals surface area (Å²) < 4.78 is 0. The van der Waals surface area contributed by atoms with Gasteiger partial charge in [0, 0.05) is 6.42 Å². The van der Waals surface area contributed by atoms with Gasteiger partial charge < -0.3 is 21.9 Å². The number of hydrogen-bond acceptors (Lipinski definition) is 4. The second-order valence-corrected chi connectivity index (χ2v) is 3.99. The molecule has 0 aliphatic rings. The number of rotatable bonds is 10. The number of aliphatic carboxylic acids is 1. The fourth-order valence-electron chi connectivity index (χ4n) is 1.45. The molecule has 0 aliphatic heterocycles. The van der Waals surface area contributed by atoms with Crippen LogP contribution in [0.25, 0.3) is 0 Å². The highest BCUT2D eigenvalue weighted by atomic mass is 16.4. The van der Waals surface area contributed by atoms with Crippen LogP contribution in [0.1, 0.15) is 38.5 Å². The number of carboxylic acids is 1. The Hall–Kier alpha value is -1.14. The van der Waals surface area contributed by atoms with Gasteiger partial charge in [-0.05, 0) is 45.2 Å². The molecular weight excluding hydrogens is 222 g/mol. The molecule has 0 radical (unpaired) electrons. The normalized spacial score (nSPS) is 12.1. The Kier molecular flexibility index (Phi) is 9.37. The van der Waals surface area contributed by atoms with Gasteiger partial charge in [-0.1, -0.05) is 0 Å². The Labute approximate surface area is 102 Å². The van der Waals surface area contributed by atoms with Gasteiger partial charge in [-0.15, -0.1) is 0 Å². The van der Waals surface area contributed by atoms with Gasteiger partial charge in [0.05, 0.1) is 0 Å². The van der Waals surface area contributed by atoms with Crippen molar-refractivity contribution in [1.29, 1.82) is 0 Å². The molecule has 0 unspecified atom stereocenters. The van der Waals surface area contributed by atoms with Crippen LogP contribution in [0.15, 0.2) is 0 Å². The lowest BCUT2D eigenvalue weighted by molar-refractivity contribution is -0.142. The highest BCUT2D eigenvalue weighted by Crippen LogP contribution is 2.02. The Morgan fingerprint density at radius 2 is 1.65 bits per heavy atom. The smallest absolute Gasteiger partial charge is 0.326 e. The summed E-state index contributed by atoms with van der Waals surface area (Å²) >= 11 is 0. The average molecular weight is 245 g/mol. The van der Waals surface area contributed by atoms with E-state index in [1.54, 1.807) is 0 Å². The summed E-state index contributed by atoms with van der Waals surface area (Å²) in [6, 6.07) is -0.799. The molecule has 6 nitrogen and oxygen atoms in total. The quantitative estimate of drug-likeness (QED) is 0.398. The van der Waals surface area contributed by atoms with Crippen molar-refractivity contribution >= 4 is 11.9 Å². The molecule has 0 fully saturated rings. The van der Waals surface area contributed by atoms with Crippen molar-refractivity contribution in [2.24, 2.45) is 11.5 Å². The van der Waals surface area contributed by atoms with Crippen molar-refractivity contribution in [2.45, 2.75) is 44.6 Å². The van der Waals surface area contributed by atoms with Crippen molar-refractivity contribution < 1.29 is 14.7 Å². The van der Waals surface area contributed by atoms with Gasteiger partial charge in [0.15, 0.2) is 0 Å². The molecule has 0 aromatic carbocycles. The zero-order valence-electron chi connectivity index (χ0n) is 10.2. The summed E-state index contributed by atoms with van der Waals surface area (Å²) in [6.45, 7) is 1.09. The SMILES string of the molecule is NCCCCC(=O)N[C@@H](CCCCN)C(=O)O. The maximum atomic E-state index is 11.4. The lowest BCUT2D eigenvalue weighted by atomic mass is 10.1. The monoisotopic (exact) mass is 245 g/mol. The van der Waals surface area contributed by atoms with Gasteiger partial charge in [-0.25, -0.2) is 4.79 Å². The van der Waals surface area contributed by atoms with E-state index in [0.29, 0.717) is 38.8 Å². The third-order valence-corrected chi connectivity index (χ3v) is 2.44. The lowest BCUT2D eigenvalue weighted by Crippen LogP contribution is -2.40. The third kappa shape index (κ3) is 8.65. The third-order valence-electron chi connectivity index (χ3n) is 2.44. The largest absolute Gasteiger partial charge is 0.480 e. The van der Waals surface area contributed by atoms with E-state index in [1.165, 1.54) is 0 Å². The molecule has 0 aromatic heterocycles. The summed E-state index contributed by atoms with van der Waals surface area (Å²) in [7, 11) is 0. The molecule has 0 aromatic rings. The molecule has 0 saturated carbocycles. The molecule has 0 bridgehead atoms. The van der Waals surface area contributed by atoms with Crippen LogP contribution in [0.3, 0.4) is 0 Å². The number of carbonyl (C=O) groups is 2. The first-order chi connectivity index (χ1) is 8.11. The van der Waals surface area contributed by atoms with Crippen molar-refractivity contribution in [2.75, 3.05) is 13.1 Å².